The molecule has 5 heteroatoms. The number of nitrogens with one attached hydrogen (secondary N) is 2. The minimum atomic E-state index is -3.23. The van der Waals surface area contributed by atoms with Gasteiger partial charge in [0.2, 0.25) is 10.0 Å². The number of benzene rings is 1. The predicted octanol–water partition coefficient (Wildman–Crippen LogP) is 2.19. The van der Waals surface area contributed by atoms with Gasteiger partial charge in [-0.1, -0.05) is 6.07 Å². The van der Waals surface area contributed by atoms with Crippen molar-refractivity contribution in [3.63, 3.8) is 0 Å². The van der Waals surface area contributed by atoms with E-state index in [2.05, 4.69) is 10.0 Å². The Morgan fingerprint density at radius 1 is 1.21 bits per heavy atom. The van der Waals surface area contributed by atoms with Crippen molar-refractivity contribution in [1.29, 1.82) is 0 Å². The zero-order valence-electron chi connectivity index (χ0n) is 11.6. The molecule has 2 N–H and O–H groups in total. The zero-order valence-corrected chi connectivity index (χ0v) is 12.4. The average Bonchev–Trinajstić information content (AvgIpc) is 3.13. The van der Waals surface area contributed by atoms with E-state index in [9.17, 15) is 8.42 Å². The number of sulfonamides is 1. The maximum atomic E-state index is 11.9. The number of anilines is 1. The van der Waals surface area contributed by atoms with Gasteiger partial charge >= 0.3 is 0 Å². The maximum Gasteiger partial charge on any atom is 0.232 e. The first-order valence-corrected chi connectivity index (χ1v) is 8.43. The molecule has 1 saturated carbocycles. The molecule has 4 nitrogen and oxygen atoms in total. The smallest absolute Gasteiger partial charge is 0.232 e. The summed E-state index contributed by atoms with van der Waals surface area (Å²) in [6.07, 6.45) is 3.11. The van der Waals surface area contributed by atoms with Gasteiger partial charge in [-0.3, -0.25) is 4.72 Å². The molecule has 1 aromatic rings. The quantitative estimate of drug-likeness (QED) is 0.754. The summed E-state index contributed by atoms with van der Waals surface area (Å²) in [5.41, 5.74) is 2.91. The molecule has 1 aromatic carbocycles. The Kier molecular flexibility index (Phi) is 4.47. The number of hydrogen-bond acceptors (Lipinski definition) is 3. The monoisotopic (exact) mass is 282 g/mol. The van der Waals surface area contributed by atoms with Crippen molar-refractivity contribution in [3.05, 3.63) is 29.3 Å². The van der Waals surface area contributed by atoms with E-state index in [0.717, 1.165) is 17.7 Å². The fraction of sp³-hybridized carbons (Fsp3) is 0.571. The summed E-state index contributed by atoms with van der Waals surface area (Å²) in [6, 6.07) is 6.25. The third-order valence-corrected chi connectivity index (χ3v) is 4.75. The molecular formula is C14H22N2O2S. The van der Waals surface area contributed by atoms with Crippen LogP contribution in [0.25, 0.3) is 0 Å². The second-order valence-corrected chi connectivity index (χ2v) is 7.14. The van der Waals surface area contributed by atoms with Gasteiger partial charge in [-0.05, 0) is 62.9 Å². The van der Waals surface area contributed by atoms with Gasteiger partial charge in [-0.15, -0.1) is 0 Å². The Morgan fingerprint density at radius 3 is 2.58 bits per heavy atom. The van der Waals surface area contributed by atoms with Gasteiger partial charge in [0.05, 0.1) is 5.75 Å². The van der Waals surface area contributed by atoms with Crippen LogP contribution in [-0.2, 0) is 10.0 Å². The third-order valence-electron chi connectivity index (χ3n) is 3.38. The summed E-state index contributed by atoms with van der Waals surface area (Å²) in [7, 11) is -3.23. The van der Waals surface area contributed by atoms with E-state index in [1.807, 2.05) is 32.0 Å². The highest BCUT2D eigenvalue weighted by Crippen LogP contribution is 2.18. The fourth-order valence-electron chi connectivity index (χ4n) is 1.89. The van der Waals surface area contributed by atoms with Crippen molar-refractivity contribution in [3.8, 4) is 0 Å². The highest BCUT2D eigenvalue weighted by atomic mass is 32.2. The molecular weight excluding hydrogens is 260 g/mol. The second kappa shape index (κ2) is 5.92. The predicted molar refractivity (Wildman–Crippen MR) is 79.0 cm³/mol. The summed E-state index contributed by atoms with van der Waals surface area (Å²) in [4.78, 5) is 0. The van der Waals surface area contributed by atoms with Gasteiger partial charge in [0, 0.05) is 11.7 Å². The standard InChI is InChI=1S/C14H22N2O2S/c1-11-4-5-14(10-12(11)2)16-19(17,18)9-3-8-15-13-6-7-13/h4-5,10,13,15-16H,3,6-9H2,1-2H3. The number of aryl methyl sites for hydroxylation is 2. The summed E-state index contributed by atoms with van der Waals surface area (Å²) < 4.78 is 26.5. The highest BCUT2D eigenvalue weighted by molar-refractivity contribution is 7.92. The molecule has 0 saturated heterocycles. The fourth-order valence-corrected chi connectivity index (χ4v) is 3.00. The van der Waals surface area contributed by atoms with Crippen molar-refractivity contribution in [2.45, 2.75) is 39.2 Å². The first-order valence-electron chi connectivity index (χ1n) is 6.77. The Balaban J connectivity index is 1.82. The van der Waals surface area contributed by atoms with Crippen LogP contribution in [0.4, 0.5) is 5.69 Å². The largest absolute Gasteiger partial charge is 0.314 e. The van der Waals surface area contributed by atoms with Crippen molar-refractivity contribution in [2.24, 2.45) is 0 Å². The lowest BCUT2D eigenvalue weighted by Crippen LogP contribution is -2.23. The van der Waals surface area contributed by atoms with Crippen molar-refractivity contribution < 1.29 is 8.42 Å². The van der Waals surface area contributed by atoms with Gasteiger partial charge in [-0.2, -0.15) is 0 Å². The first-order chi connectivity index (χ1) is 8.96. The van der Waals surface area contributed by atoms with Crippen molar-refractivity contribution in [1.82, 2.24) is 5.32 Å². The van der Waals surface area contributed by atoms with E-state index in [1.165, 1.54) is 12.8 Å². The van der Waals surface area contributed by atoms with Crippen LogP contribution in [0.15, 0.2) is 18.2 Å². The Hall–Kier alpha value is -1.07. The van der Waals surface area contributed by atoms with E-state index in [0.29, 0.717) is 18.2 Å². The maximum absolute atomic E-state index is 11.9. The lowest BCUT2D eigenvalue weighted by atomic mass is 10.1. The molecule has 0 heterocycles. The molecule has 2 rings (SSSR count). The van der Waals surface area contributed by atoms with Crippen LogP contribution in [-0.4, -0.2) is 26.8 Å². The van der Waals surface area contributed by atoms with Gasteiger partial charge in [-0.25, -0.2) is 8.42 Å². The molecule has 0 aliphatic heterocycles. The Labute approximate surface area is 115 Å². The zero-order chi connectivity index (χ0) is 13.9. The molecule has 0 spiro atoms. The number of hydrogen-bond donors (Lipinski definition) is 2. The van der Waals surface area contributed by atoms with Gasteiger partial charge in [0.15, 0.2) is 0 Å². The summed E-state index contributed by atoms with van der Waals surface area (Å²) >= 11 is 0. The minimum absolute atomic E-state index is 0.166. The Morgan fingerprint density at radius 2 is 1.95 bits per heavy atom. The molecule has 0 amide bonds. The first kappa shape index (κ1) is 14.3. The van der Waals surface area contributed by atoms with Crippen molar-refractivity contribution in [2.75, 3.05) is 17.0 Å². The molecule has 0 aromatic heterocycles. The normalized spacial score (nSPS) is 15.5. The molecule has 106 valence electrons. The van der Waals surface area contributed by atoms with Crippen LogP contribution in [0.2, 0.25) is 0 Å². The molecule has 0 bridgehead atoms. The van der Waals surface area contributed by atoms with E-state index in [1.54, 1.807) is 0 Å². The van der Waals surface area contributed by atoms with E-state index in [4.69, 9.17) is 0 Å². The highest BCUT2D eigenvalue weighted by Gasteiger charge is 2.20. The van der Waals surface area contributed by atoms with Crippen LogP contribution in [0.1, 0.15) is 30.4 Å². The van der Waals surface area contributed by atoms with Crippen LogP contribution in [0, 0.1) is 13.8 Å². The molecule has 1 aliphatic carbocycles. The third kappa shape index (κ3) is 4.84. The van der Waals surface area contributed by atoms with Crippen LogP contribution < -0.4 is 10.0 Å². The molecule has 0 atom stereocenters. The topological polar surface area (TPSA) is 58.2 Å². The van der Waals surface area contributed by atoms with Gasteiger partial charge in [0.25, 0.3) is 0 Å². The Bertz CT molecular complexity index is 536. The lowest BCUT2D eigenvalue weighted by molar-refractivity contribution is 0.593. The second-order valence-electron chi connectivity index (χ2n) is 5.30. The van der Waals surface area contributed by atoms with Crippen LogP contribution >= 0.6 is 0 Å². The van der Waals surface area contributed by atoms with E-state index >= 15 is 0 Å². The lowest BCUT2D eigenvalue weighted by Gasteiger charge is -2.10. The average molecular weight is 282 g/mol. The summed E-state index contributed by atoms with van der Waals surface area (Å²) in [6.45, 7) is 4.77. The van der Waals surface area contributed by atoms with E-state index in [-0.39, 0.29) is 5.75 Å². The minimum Gasteiger partial charge on any atom is -0.314 e. The molecule has 0 unspecified atom stereocenters. The summed E-state index contributed by atoms with van der Waals surface area (Å²) in [5.74, 6) is 0.166. The van der Waals surface area contributed by atoms with Gasteiger partial charge in [0.1, 0.15) is 0 Å². The van der Waals surface area contributed by atoms with Gasteiger partial charge < -0.3 is 5.32 Å². The summed E-state index contributed by atoms with van der Waals surface area (Å²) in [5, 5.41) is 3.32. The molecule has 1 fully saturated rings. The van der Waals surface area contributed by atoms with Crippen LogP contribution in [0.5, 0.6) is 0 Å². The molecule has 19 heavy (non-hydrogen) atoms. The van der Waals surface area contributed by atoms with Crippen LogP contribution in [0.3, 0.4) is 0 Å². The molecule has 1 aliphatic rings. The van der Waals surface area contributed by atoms with Crippen molar-refractivity contribution >= 4 is 15.7 Å². The van der Waals surface area contributed by atoms with E-state index < -0.39 is 10.0 Å². The number of rotatable bonds is 7. The SMILES string of the molecule is Cc1ccc(NS(=O)(=O)CCCNC2CC2)cc1C. The molecule has 0 radical (unpaired) electrons.